The van der Waals surface area contributed by atoms with Crippen molar-refractivity contribution in [3.63, 3.8) is 0 Å². The maximum atomic E-state index is 12.8. The number of rotatable bonds is 8. The molecule has 0 saturated heterocycles. The first kappa shape index (κ1) is 22.6. The van der Waals surface area contributed by atoms with Gasteiger partial charge < -0.3 is 19.2 Å². The summed E-state index contributed by atoms with van der Waals surface area (Å²) in [5.74, 6) is 1.04. The zero-order chi connectivity index (χ0) is 22.5. The highest BCUT2D eigenvalue weighted by Crippen LogP contribution is 2.28. The molecule has 2 heterocycles. The van der Waals surface area contributed by atoms with E-state index in [1.165, 1.54) is 16.7 Å². The van der Waals surface area contributed by atoms with Crippen LogP contribution in [0, 0.1) is 6.92 Å². The summed E-state index contributed by atoms with van der Waals surface area (Å²) >= 11 is 1.30. The van der Waals surface area contributed by atoms with Crippen molar-refractivity contribution in [3.8, 4) is 11.4 Å². The van der Waals surface area contributed by atoms with Gasteiger partial charge in [0.05, 0.1) is 23.6 Å². The predicted molar refractivity (Wildman–Crippen MR) is 121 cm³/mol. The largest absolute Gasteiger partial charge is 0.469 e. The van der Waals surface area contributed by atoms with Gasteiger partial charge in [-0.25, -0.2) is 0 Å². The van der Waals surface area contributed by atoms with Crippen LogP contribution in [0.25, 0.3) is 11.4 Å². The van der Waals surface area contributed by atoms with Crippen LogP contribution in [-0.2, 0) is 23.1 Å². The van der Waals surface area contributed by atoms with Gasteiger partial charge in [-0.2, -0.15) is 0 Å². The van der Waals surface area contributed by atoms with Gasteiger partial charge in [0, 0.05) is 19.8 Å². The number of anilines is 1. The van der Waals surface area contributed by atoms with E-state index in [1.54, 1.807) is 20.2 Å². The van der Waals surface area contributed by atoms with Crippen LogP contribution in [0.2, 0.25) is 0 Å². The zero-order valence-corrected chi connectivity index (χ0v) is 19.2. The summed E-state index contributed by atoms with van der Waals surface area (Å²) in [6, 6.07) is 9.50. The second-order valence-electron chi connectivity index (χ2n) is 7.27. The summed E-state index contributed by atoms with van der Waals surface area (Å²) in [6.45, 7) is 5.67. The first-order chi connectivity index (χ1) is 14.8. The van der Waals surface area contributed by atoms with Gasteiger partial charge in [0.1, 0.15) is 5.76 Å². The van der Waals surface area contributed by atoms with Crippen molar-refractivity contribution in [1.29, 1.82) is 0 Å². The van der Waals surface area contributed by atoms with Gasteiger partial charge in [0.15, 0.2) is 11.0 Å². The summed E-state index contributed by atoms with van der Waals surface area (Å²) in [4.78, 5) is 26.7. The van der Waals surface area contributed by atoms with Crippen LogP contribution in [0.1, 0.15) is 25.2 Å². The number of hydrogen-bond acceptors (Lipinski definition) is 6. The molecule has 1 N–H and O–H groups in total. The molecule has 1 unspecified atom stereocenters. The molecule has 2 aromatic heterocycles. The number of aromatic nitrogens is 3. The molecule has 2 amide bonds. The van der Waals surface area contributed by atoms with Crippen LogP contribution in [0.4, 0.5) is 5.69 Å². The Kier molecular flexibility index (Phi) is 7.17. The molecule has 0 bridgehead atoms. The van der Waals surface area contributed by atoms with Crippen molar-refractivity contribution in [3.05, 3.63) is 47.9 Å². The molecule has 164 valence electrons. The third-order valence-electron chi connectivity index (χ3n) is 4.99. The van der Waals surface area contributed by atoms with Crippen LogP contribution < -0.4 is 5.32 Å². The van der Waals surface area contributed by atoms with E-state index >= 15 is 0 Å². The summed E-state index contributed by atoms with van der Waals surface area (Å²) in [6.07, 6.45) is 2.42. The van der Waals surface area contributed by atoms with Crippen LogP contribution >= 0.6 is 11.8 Å². The lowest BCUT2D eigenvalue weighted by Crippen LogP contribution is -2.39. The van der Waals surface area contributed by atoms with E-state index in [-0.39, 0.29) is 18.4 Å². The monoisotopic (exact) mass is 441 g/mol. The molecular weight excluding hydrogens is 414 g/mol. The number of carbonyl (C=O) groups excluding carboxylic acids is 2. The molecule has 9 heteroatoms. The summed E-state index contributed by atoms with van der Waals surface area (Å²) < 4.78 is 7.18. The number of carbonyl (C=O) groups is 2. The SMILES string of the molecule is CCc1ccccc1NC(=O)CN(C)C(=O)C(C)Sc1nnc(-c2ccoc2C)n1C. The van der Waals surface area contributed by atoms with Crippen molar-refractivity contribution in [2.24, 2.45) is 7.05 Å². The van der Waals surface area contributed by atoms with Gasteiger partial charge in [-0.05, 0) is 38.0 Å². The number of hydrogen-bond donors (Lipinski definition) is 1. The number of nitrogens with zero attached hydrogens (tertiary/aromatic N) is 4. The quantitative estimate of drug-likeness (QED) is 0.538. The van der Waals surface area contributed by atoms with E-state index in [1.807, 2.05) is 55.8 Å². The number of para-hydroxylation sites is 1. The topological polar surface area (TPSA) is 93.3 Å². The summed E-state index contributed by atoms with van der Waals surface area (Å²) in [5, 5.41) is 11.5. The molecule has 0 aliphatic carbocycles. The molecule has 0 radical (unpaired) electrons. The number of nitrogens with one attached hydrogen (secondary N) is 1. The van der Waals surface area contributed by atoms with Gasteiger partial charge in [0.25, 0.3) is 0 Å². The maximum absolute atomic E-state index is 12.8. The minimum absolute atomic E-state index is 0.0277. The Labute approximate surface area is 186 Å². The lowest BCUT2D eigenvalue weighted by molar-refractivity contribution is -0.132. The number of amides is 2. The van der Waals surface area contributed by atoms with Crippen LogP contribution in [0.3, 0.4) is 0 Å². The lowest BCUT2D eigenvalue weighted by Gasteiger charge is -2.20. The van der Waals surface area contributed by atoms with Crippen molar-refractivity contribution in [2.75, 3.05) is 18.9 Å². The minimum Gasteiger partial charge on any atom is -0.469 e. The number of aryl methyl sites for hydroxylation is 2. The molecule has 0 aliphatic rings. The molecule has 1 atom stereocenters. The van der Waals surface area contributed by atoms with Crippen molar-refractivity contribution in [2.45, 2.75) is 37.6 Å². The smallest absolute Gasteiger partial charge is 0.243 e. The highest BCUT2D eigenvalue weighted by molar-refractivity contribution is 8.00. The number of furan rings is 1. The fraction of sp³-hybridized carbons (Fsp3) is 0.364. The van der Waals surface area contributed by atoms with E-state index in [0.717, 1.165) is 29.0 Å². The highest BCUT2D eigenvalue weighted by atomic mass is 32.2. The number of thioether (sulfide) groups is 1. The minimum atomic E-state index is -0.429. The van der Waals surface area contributed by atoms with Gasteiger partial charge in [-0.1, -0.05) is 36.9 Å². The summed E-state index contributed by atoms with van der Waals surface area (Å²) in [7, 11) is 3.48. The Hall–Kier alpha value is -3.07. The molecule has 3 rings (SSSR count). The first-order valence-electron chi connectivity index (χ1n) is 10.0. The molecule has 0 aliphatic heterocycles. The molecule has 8 nitrogen and oxygen atoms in total. The molecule has 1 aromatic carbocycles. The van der Waals surface area contributed by atoms with Crippen LogP contribution in [0.15, 0.2) is 46.2 Å². The lowest BCUT2D eigenvalue weighted by atomic mass is 10.1. The van der Waals surface area contributed by atoms with E-state index < -0.39 is 5.25 Å². The van der Waals surface area contributed by atoms with Crippen molar-refractivity contribution < 1.29 is 14.0 Å². The molecule has 0 spiro atoms. The fourth-order valence-electron chi connectivity index (χ4n) is 3.22. The van der Waals surface area contributed by atoms with E-state index in [4.69, 9.17) is 4.42 Å². The molecule has 3 aromatic rings. The van der Waals surface area contributed by atoms with Crippen LogP contribution in [0.5, 0.6) is 0 Å². The molecule has 0 saturated carbocycles. The van der Waals surface area contributed by atoms with Crippen LogP contribution in [-0.4, -0.2) is 50.3 Å². The molecule has 31 heavy (non-hydrogen) atoms. The summed E-state index contributed by atoms with van der Waals surface area (Å²) in [5.41, 5.74) is 2.70. The third kappa shape index (κ3) is 5.16. The van der Waals surface area contributed by atoms with Crippen molar-refractivity contribution >= 4 is 29.3 Å². The number of likely N-dealkylation sites (N-methyl/N-ethyl adjacent to an activating group) is 1. The standard InChI is InChI=1S/C22H27N5O3S/c1-6-16-9-7-8-10-18(16)23-19(28)13-26(4)21(29)15(3)31-22-25-24-20(27(22)5)17-11-12-30-14(17)2/h7-12,15H,6,13H2,1-5H3,(H,23,28). The molecular formula is C22H27N5O3S. The highest BCUT2D eigenvalue weighted by Gasteiger charge is 2.24. The predicted octanol–water partition coefficient (Wildman–Crippen LogP) is 3.52. The Bertz CT molecular complexity index is 1070. The fourth-order valence-corrected chi connectivity index (χ4v) is 4.15. The van der Waals surface area contributed by atoms with Gasteiger partial charge >= 0.3 is 0 Å². The second kappa shape index (κ2) is 9.82. The normalized spacial score (nSPS) is 11.9. The van der Waals surface area contributed by atoms with Gasteiger partial charge in [0.2, 0.25) is 11.8 Å². The molecule has 0 fully saturated rings. The first-order valence-corrected chi connectivity index (χ1v) is 10.9. The number of benzene rings is 1. The van der Waals surface area contributed by atoms with Crippen molar-refractivity contribution in [1.82, 2.24) is 19.7 Å². The van der Waals surface area contributed by atoms with E-state index in [9.17, 15) is 9.59 Å². The Morgan fingerprint density at radius 1 is 1.26 bits per heavy atom. The average molecular weight is 442 g/mol. The van der Waals surface area contributed by atoms with Gasteiger partial charge in [-0.3, -0.25) is 9.59 Å². The van der Waals surface area contributed by atoms with E-state index in [2.05, 4.69) is 15.5 Å². The van der Waals surface area contributed by atoms with Gasteiger partial charge in [-0.15, -0.1) is 10.2 Å². The second-order valence-corrected chi connectivity index (χ2v) is 8.58. The third-order valence-corrected chi connectivity index (χ3v) is 6.12. The maximum Gasteiger partial charge on any atom is 0.243 e. The average Bonchev–Trinajstić information content (AvgIpc) is 3.32. The Morgan fingerprint density at radius 2 is 2.00 bits per heavy atom. The Morgan fingerprint density at radius 3 is 2.68 bits per heavy atom. The Balaban J connectivity index is 1.60. The van der Waals surface area contributed by atoms with E-state index in [0.29, 0.717) is 11.0 Å². The zero-order valence-electron chi connectivity index (χ0n) is 18.4.